The van der Waals surface area contributed by atoms with Crippen molar-refractivity contribution in [3.05, 3.63) is 0 Å². The molecule has 0 bridgehead atoms. The summed E-state index contributed by atoms with van der Waals surface area (Å²) >= 11 is 0. The standard InChI is InChI=1S/C7H12N2O2/c1-5-2-3-9(7(5)11)4-6(8)10/h5H,2-4H2,1H3,(H2,8,10)/t5-/m1/s1. The van der Waals surface area contributed by atoms with Gasteiger partial charge in [0.15, 0.2) is 0 Å². The van der Waals surface area contributed by atoms with Gasteiger partial charge < -0.3 is 10.6 Å². The molecule has 2 N–H and O–H groups in total. The lowest BCUT2D eigenvalue weighted by Gasteiger charge is -2.12. The van der Waals surface area contributed by atoms with E-state index in [-0.39, 0.29) is 18.4 Å². The number of likely N-dealkylation sites (tertiary alicyclic amines) is 1. The van der Waals surface area contributed by atoms with Crippen molar-refractivity contribution in [1.29, 1.82) is 0 Å². The normalized spacial score (nSPS) is 24.3. The van der Waals surface area contributed by atoms with Crippen molar-refractivity contribution in [1.82, 2.24) is 4.90 Å². The summed E-state index contributed by atoms with van der Waals surface area (Å²) in [7, 11) is 0. The summed E-state index contributed by atoms with van der Waals surface area (Å²) in [5, 5.41) is 0. The third-order valence-corrected chi connectivity index (χ3v) is 1.91. The van der Waals surface area contributed by atoms with Gasteiger partial charge in [0.1, 0.15) is 0 Å². The van der Waals surface area contributed by atoms with Crippen molar-refractivity contribution in [2.75, 3.05) is 13.1 Å². The van der Waals surface area contributed by atoms with Gasteiger partial charge in [-0.15, -0.1) is 0 Å². The van der Waals surface area contributed by atoms with Gasteiger partial charge in [0.2, 0.25) is 11.8 Å². The second-order valence-corrected chi connectivity index (χ2v) is 2.92. The first-order valence-electron chi connectivity index (χ1n) is 3.68. The Morgan fingerprint density at radius 2 is 2.45 bits per heavy atom. The number of rotatable bonds is 2. The summed E-state index contributed by atoms with van der Waals surface area (Å²) < 4.78 is 0. The third-order valence-electron chi connectivity index (χ3n) is 1.91. The van der Waals surface area contributed by atoms with Crippen LogP contribution in [0.5, 0.6) is 0 Å². The first-order chi connectivity index (χ1) is 5.11. The van der Waals surface area contributed by atoms with E-state index < -0.39 is 5.91 Å². The summed E-state index contributed by atoms with van der Waals surface area (Å²) in [4.78, 5) is 23.1. The van der Waals surface area contributed by atoms with E-state index in [2.05, 4.69) is 0 Å². The SMILES string of the molecule is C[C@@H]1CCN(CC(N)=O)C1=O. The number of hydrogen-bond acceptors (Lipinski definition) is 2. The zero-order chi connectivity index (χ0) is 8.43. The van der Waals surface area contributed by atoms with Crippen molar-refractivity contribution in [2.45, 2.75) is 13.3 Å². The zero-order valence-electron chi connectivity index (χ0n) is 6.54. The van der Waals surface area contributed by atoms with Crippen LogP contribution in [0.25, 0.3) is 0 Å². The van der Waals surface area contributed by atoms with E-state index in [0.29, 0.717) is 6.54 Å². The predicted octanol–water partition coefficient (Wildman–Crippen LogP) is -0.660. The molecule has 1 heterocycles. The summed E-state index contributed by atoms with van der Waals surface area (Å²) in [6.07, 6.45) is 0.839. The molecule has 0 unspecified atom stereocenters. The molecule has 2 amide bonds. The monoisotopic (exact) mass is 156 g/mol. The van der Waals surface area contributed by atoms with Crippen molar-refractivity contribution in [3.8, 4) is 0 Å². The molecule has 1 atom stereocenters. The van der Waals surface area contributed by atoms with Crippen molar-refractivity contribution in [2.24, 2.45) is 11.7 Å². The van der Waals surface area contributed by atoms with Crippen LogP contribution < -0.4 is 5.73 Å². The molecule has 4 heteroatoms. The minimum atomic E-state index is -0.438. The first-order valence-corrected chi connectivity index (χ1v) is 3.68. The molecule has 0 saturated carbocycles. The maximum atomic E-state index is 11.2. The second kappa shape index (κ2) is 2.90. The van der Waals surface area contributed by atoms with Gasteiger partial charge in [-0.3, -0.25) is 9.59 Å². The Hall–Kier alpha value is -1.06. The van der Waals surface area contributed by atoms with E-state index in [9.17, 15) is 9.59 Å². The second-order valence-electron chi connectivity index (χ2n) is 2.92. The Morgan fingerprint density at radius 1 is 1.82 bits per heavy atom. The fourth-order valence-electron chi connectivity index (χ4n) is 1.24. The molecule has 62 valence electrons. The van der Waals surface area contributed by atoms with Crippen LogP contribution in [0.15, 0.2) is 0 Å². The predicted molar refractivity (Wildman–Crippen MR) is 39.6 cm³/mol. The fraction of sp³-hybridized carbons (Fsp3) is 0.714. The van der Waals surface area contributed by atoms with Crippen molar-refractivity contribution < 1.29 is 9.59 Å². The molecule has 1 aliphatic rings. The average Bonchev–Trinajstić information content (AvgIpc) is 2.18. The quantitative estimate of drug-likeness (QED) is 0.577. The highest BCUT2D eigenvalue weighted by Gasteiger charge is 2.28. The van der Waals surface area contributed by atoms with Crippen molar-refractivity contribution >= 4 is 11.8 Å². The third kappa shape index (κ3) is 1.69. The van der Waals surface area contributed by atoms with Crippen LogP contribution in [-0.2, 0) is 9.59 Å². The van der Waals surface area contributed by atoms with E-state index in [1.165, 1.54) is 4.90 Å². The zero-order valence-corrected chi connectivity index (χ0v) is 6.54. The molecule has 0 spiro atoms. The van der Waals surface area contributed by atoms with E-state index in [1.807, 2.05) is 6.92 Å². The highest BCUT2D eigenvalue weighted by molar-refractivity contribution is 5.86. The molecule has 0 aromatic rings. The van der Waals surface area contributed by atoms with Gasteiger partial charge >= 0.3 is 0 Å². The van der Waals surface area contributed by atoms with Gasteiger partial charge in [-0.25, -0.2) is 0 Å². The van der Waals surface area contributed by atoms with Crippen LogP contribution in [0.3, 0.4) is 0 Å². The molecule has 1 fully saturated rings. The van der Waals surface area contributed by atoms with E-state index >= 15 is 0 Å². The number of hydrogen-bond donors (Lipinski definition) is 1. The highest BCUT2D eigenvalue weighted by atomic mass is 16.2. The molecule has 4 nitrogen and oxygen atoms in total. The molecular weight excluding hydrogens is 144 g/mol. The Morgan fingerprint density at radius 3 is 2.82 bits per heavy atom. The van der Waals surface area contributed by atoms with E-state index in [1.54, 1.807) is 0 Å². The summed E-state index contributed by atoms with van der Waals surface area (Å²) in [6, 6.07) is 0. The molecule has 0 aliphatic carbocycles. The Balaban J connectivity index is 2.49. The molecule has 0 radical (unpaired) electrons. The van der Waals surface area contributed by atoms with Gasteiger partial charge in [0.05, 0.1) is 6.54 Å². The number of primary amides is 1. The lowest BCUT2D eigenvalue weighted by atomic mass is 10.1. The van der Waals surface area contributed by atoms with Crippen LogP contribution >= 0.6 is 0 Å². The van der Waals surface area contributed by atoms with E-state index in [0.717, 1.165) is 6.42 Å². The van der Waals surface area contributed by atoms with Gasteiger partial charge in [-0.2, -0.15) is 0 Å². The summed E-state index contributed by atoms with van der Waals surface area (Å²) in [5.74, 6) is -0.328. The number of carbonyl (C=O) groups is 2. The molecule has 0 aromatic carbocycles. The maximum Gasteiger partial charge on any atom is 0.237 e. The lowest BCUT2D eigenvalue weighted by molar-refractivity contribution is -0.134. The van der Waals surface area contributed by atoms with Gasteiger partial charge in [-0.05, 0) is 6.42 Å². The molecule has 11 heavy (non-hydrogen) atoms. The lowest BCUT2D eigenvalue weighted by Crippen LogP contribution is -2.35. The van der Waals surface area contributed by atoms with Gasteiger partial charge in [0, 0.05) is 12.5 Å². The highest BCUT2D eigenvalue weighted by Crippen LogP contribution is 2.15. The summed E-state index contributed by atoms with van der Waals surface area (Å²) in [5.41, 5.74) is 4.95. The number of amides is 2. The average molecular weight is 156 g/mol. The molecule has 0 aromatic heterocycles. The summed E-state index contributed by atoms with van der Waals surface area (Å²) in [6.45, 7) is 2.61. The molecule has 1 saturated heterocycles. The van der Waals surface area contributed by atoms with Crippen LogP contribution in [0.2, 0.25) is 0 Å². The minimum Gasteiger partial charge on any atom is -0.368 e. The topological polar surface area (TPSA) is 63.4 Å². The number of nitrogens with zero attached hydrogens (tertiary/aromatic N) is 1. The fourth-order valence-corrected chi connectivity index (χ4v) is 1.24. The Bertz CT molecular complexity index is 191. The molecule has 1 rings (SSSR count). The maximum absolute atomic E-state index is 11.2. The smallest absolute Gasteiger partial charge is 0.237 e. The molecule has 1 aliphatic heterocycles. The number of carbonyl (C=O) groups excluding carboxylic acids is 2. The largest absolute Gasteiger partial charge is 0.368 e. The Labute approximate surface area is 65.3 Å². The van der Waals surface area contributed by atoms with Crippen LogP contribution in [0, 0.1) is 5.92 Å². The molecular formula is C7H12N2O2. The Kier molecular flexibility index (Phi) is 2.12. The minimum absolute atomic E-state index is 0.0452. The van der Waals surface area contributed by atoms with Crippen LogP contribution in [-0.4, -0.2) is 29.8 Å². The number of nitrogens with two attached hydrogens (primary N) is 1. The van der Waals surface area contributed by atoms with Crippen molar-refractivity contribution in [3.63, 3.8) is 0 Å². The van der Waals surface area contributed by atoms with Crippen LogP contribution in [0.4, 0.5) is 0 Å². The van der Waals surface area contributed by atoms with Gasteiger partial charge in [0.25, 0.3) is 0 Å². The van der Waals surface area contributed by atoms with E-state index in [4.69, 9.17) is 5.73 Å². The first kappa shape index (κ1) is 8.04. The van der Waals surface area contributed by atoms with Crippen LogP contribution in [0.1, 0.15) is 13.3 Å². The van der Waals surface area contributed by atoms with Gasteiger partial charge in [-0.1, -0.05) is 6.92 Å².